The van der Waals surface area contributed by atoms with Crippen LogP contribution in [0, 0.1) is 26.9 Å². The van der Waals surface area contributed by atoms with E-state index in [1.807, 2.05) is 0 Å². The summed E-state index contributed by atoms with van der Waals surface area (Å²) in [5, 5.41) is 14.1. The van der Waals surface area contributed by atoms with E-state index in [4.69, 9.17) is 4.74 Å². The van der Waals surface area contributed by atoms with Gasteiger partial charge in [-0.2, -0.15) is 4.98 Å². The van der Waals surface area contributed by atoms with E-state index in [1.165, 1.54) is 19.2 Å². The fourth-order valence-electron chi connectivity index (χ4n) is 2.87. The highest BCUT2D eigenvalue weighted by atomic mass is 16.6. The van der Waals surface area contributed by atoms with Crippen molar-refractivity contribution in [1.82, 2.24) is 4.98 Å². The zero-order valence-corrected chi connectivity index (χ0v) is 12.6. The molecule has 1 aliphatic carbocycles. The van der Waals surface area contributed by atoms with Crippen LogP contribution in [0.4, 0.5) is 11.5 Å². The summed E-state index contributed by atoms with van der Waals surface area (Å²) in [6, 6.07) is 2.91. The molecule has 0 radical (unpaired) electrons. The quantitative estimate of drug-likeness (QED) is 0.662. The standard InChI is InChI=1S/C14H21N3O3/c1-13(2)10(14(13,3)4)8-15-12-9(17(18)19)6-7-11(16-12)20-5/h6-7,10H,8H2,1-5H3,(H,15,16). The molecule has 1 saturated carbocycles. The van der Waals surface area contributed by atoms with E-state index in [0.717, 1.165) is 0 Å². The Balaban J connectivity index is 2.15. The molecular weight excluding hydrogens is 258 g/mol. The number of rotatable bonds is 5. The smallest absolute Gasteiger partial charge is 0.311 e. The van der Waals surface area contributed by atoms with Gasteiger partial charge in [0.25, 0.3) is 0 Å². The zero-order chi connectivity index (χ0) is 15.1. The number of nitro groups is 1. The third kappa shape index (κ3) is 2.19. The Morgan fingerprint density at radius 3 is 2.40 bits per heavy atom. The molecule has 6 nitrogen and oxygen atoms in total. The van der Waals surface area contributed by atoms with Gasteiger partial charge >= 0.3 is 5.69 Å². The summed E-state index contributed by atoms with van der Waals surface area (Å²) in [5.41, 5.74) is 0.434. The van der Waals surface area contributed by atoms with Crippen molar-refractivity contribution in [2.24, 2.45) is 16.7 Å². The van der Waals surface area contributed by atoms with Gasteiger partial charge in [-0.3, -0.25) is 10.1 Å². The summed E-state index contributed by atoms with van der Waals surface area (Å²) in [7, 11) is 1.49. The van der Waals surface area contributed by atoms with E-state index in [1.54, 1.807) is 0 Å². The zero-order valence-electron chi connectivity index (χ0n) is 12.6. The van der Waals surface area contributed by atoms with Gasteiger partial charge in [0.2, 0.25) is 11.7 Å². The van der Waals surface area contributed by atoms with Crippen LogP contribution >= 0.6 is 0 Å². The molecule has 2 rings (SSSR count). The molecule has 0 bridgehead atoms. The molecule has 6 heteroatoms. The predicted molar refractivity (Wildman–Crippen MR) is 77.0 cm³/mol. The van der Waals surface area contributed by atoms with E-state index >= 15 is 0 Å². The molecular formula is C14H21N3O3. The molecule has 0 atom stereocenters. The van der Waals surface area contributed by atoms with E-state index in [-0.39, 0.29) is 22.3 Å². The first-order chi connectivity index (χ1) is 9.21. The summed E-state index contributed by atoms with van der Waals surface area (Å²) in [6.07, 6.45) is 0. The number of anilines is 1. The Labute approximate surface area is 118 Å². The Morgan fingerprint density at radius 2 is 1.95 bits per heavy atom. The Bertz CT molecular complexity index is 526. The van der Waals surface area contributed by atoms with Gasteiger partial charge in [-0.1, -0.05) is 27.7 Å². The molecule has 0 amide bonds. The maximum absolute atomic E-state index is 11.0. The summed E-state index contributed by atoms with van der Waals surface area (Å²) >= 11 is 0. The van der Waals surface area contributed by atoms with Crippen molar-refractivity contribution >= 4 is 11.5 Å². The molecule has 110 valence electrons. The second-order valence-electron chi connectivity index (χ2n) is 6.36. The van der Waals surface area contributed by atoms with Gasteiger partial charge in [0.1, 0.15) is 0 Å². The number of nitrogens with zero attached hydrogens (tertiary/aromatic N) is 2. The van der Waals surface area contributed by atoms with Crippen molar-refractivity contribution in [3.63, 3.8) is 0 Å². The minimum atomic E-state index is -0.433. The lowest BCUT2D eigenvalue weighted by atomic mass is 10.0. The Morgan fingerprint density at radius 1 is 1.35 bits per heavy atom. The number of methoxy groups -OCH3 is 1. The van der Waals surface area contributed by atoms with Crippen LogP contribution in [0.25, 0.3) is 0 Å². The van der Waals surface area contributed by atoms with E-state index in [0.29, 0.717) is 18.3 Å². The van der Waals surface area contributed by atoms with E-state index in [2.05, 4.69) is 38.0 Å². The van der Waals surface area contributed by atoms with Crippen molar-refractivity contribution in [3.8, 4) is 5.88 Å². The SMILES string of the molecule is COc1ccc([N+](=O)[O-])c(NCC2C(C)(C)C2(C)C)n1. The second kappa shape index (κ2) is 4.61. The number of aromatic nitrogens is 1. The van der Waals surface area contributed by atoms with Gasteiger partial charge in [-0.15, -0.1) is 0 Å². The minimum Gasteiger partial charge on any atom is -0.481 e. The molecule has 1 aromatic rings. The van der Waals surface area contributed by atoms with Crippen molar-refractivity contribution in [1.29, 1.82) is 0 Å². The maximum atomic E-state index is 11.0. The van der Waals surface area contributed by atoms with E-state index < -0.39 is 4.92 Å². The minimum absolute atomic E-state index is 0.0259. The first-order valence-corrected chi connectivity index (χ1v) is 6.65. The molecule has 0 aromatic carbocycles. The van der Waals surface area contributed by atoms with Crippen LogP contribution in [0.15, 0.2) is 12.1 Å². The van der Waals surface area contributed by atoms with Gasteiger partial charge < -0.3 is 10.1 Å². The molecule has 1 fully saturated rings. The van der Waals surface area contributed by atoms with Crippen LogP contribution in [-0.2, 0) is 0 Å². The molecule has 1 aliphatic rings. The normalized spacial score (nSPS) is 19.4. The highest BCUT2D eigenvalue weighted by molar-refractivity contribution is 5.57. The largest absolute Gasteiger partial charge is 0.481 e. The lowest BCUT2D eigenvalue weighted by molar-refractivity contribution is -0.384. The second-order valence-corrected chi connectivity index (χ2v) is 6.36. The third-order valence-corrected chi connectivity index (χ3v) is 5.05. The van der Waals surface area contributed by atoms with Gasteiger partial charge in [0.05, 0.1) is 12.0 Å². The number of nitrogens with one attached hydrogen (secondary N) is 1. The molecule has 0 unspecified atom stereocenters. The van der Waals surface area contributed by atoms with Gasteiger partial charge in [0.15, 0.2) is 0 Å². The average Bonchev–Trinajstić information content (AvgIpc) is 2.76. The fraction of sp³-hybridized carbons (Fsp3) is 0.643. The highest BCUT2D eigenvalue weighted by Crippen LogP contribution is 2.68. The lowest BCUT2D eigenvalue weighted by Crippen LogP contribution is -2.11. The molecule has 1 N–H and O–H groups in total. The van der Waals surface area contributed by atoms with Crippen molar-refractivity contribution in [3.05, 3.63) is 22.2 Å². The molecule has 1 heterocycles. The van der Waals surface area contributed by atoms with Gasteiger partial charge in [-0.05, 0) is 16.7 Å². The molecule has 0 aliphatic heterocycles. The van der Waals surface area contributed by atoms with Crippen LogP contribution in [0.3, 0.4) is 0 Å². The number of ether oxygens (including phenoxy) is 1. The van der Waals surface area contributed by atoms with Crippen LogP contribution in [0.2, 0.25) is 0 Å². The van der Waals surface area contributed by atoms with E-state index in [9.17, 15) is 10.1 Å². The van der Waals surface area contributed by atoms with Crippen LogP contribution in [0.5, 0.6) is 5.88 Å². The first-order valence-electron chi connectivity index (χ1n) is 6.65. The van der Waals surface area contributed by atoms with Gasteiger partial charge in [0, 0.05) is 18.7 Å². The van der Waals surface area contributed by atoms with Crippen molar-refractivity contribution in [2.75, 3.05) is 19.0 Å². The van der Waals surface area contributed by atoms with Crippen LogP contribution in [0.1, 0.15) is 27.7 Å². The molecule has 0 spiro atoms. The third-order valence-electron chi connectivity index (χ3n) is 5.05. The summed E-state index contributed by atoms with van der Waals surface area (Å²) in [4.78, 5) is 14.7. The molecule has 0 saturated heterocycles. The number of hydrogen-bond acceptors (Lipinski definition) is 5. The monoisotopic (exact) mass is 279 g/mol. The highest BCUT2D eigenvalue weighted by Gasteiger charge is 2.64. The first kappa shape index (κ1) is 14.6. The number of hydrogen-bond donors (Lipinski definition) is 1. The van der Waals surface area contributed by atoms with Gasteiger partial charge in [-0.25, -0.2) is 0 Å². The topological polar surface area (TPSA) is 77.3 Å². The predicted octanol–water partition coefficient (Wildman–Crippen LogP) is 3.09. The van der Waals surface area contributed by atoms with Crippen molar-refractivity contribution in [2.45, 2.75) is 27.7 Å². The molecule has 1 aromatic heterocycles. The summed E-state index contributed by atoms with van der Waals surface area (Å²) in [5.74, 6) is 1.10. The Hall–Kier alpha value is -1.85. The van der Waals surface area contributed by atoms with Crippen LogP contribution < -0.4 is 10.1 Å². The van der Waals surface area contributed by atoms with Crippen molar-refractivity contribution < 1.29 is 9.66 Å². The Kier molecular flexibility index (Phi) is 3.36. The lowest BCUT2D eigenvalue weighted by Gasteiger charge is -2.08. The maximum Gasteiger partial charge on any atom is 0.311 e. The summed E-state index contributed by atoms with van der Waals surface area (Å²) < 4.78 is 5.02. The average molecular weight is 279 g/mol. The van der Waals surface area contributed by atoms with Crippen LogP contribution in [-0.4, -0.2) is 23.6 Å². The number of pyridine rings is 1. The summed E-state index contributed by atoms with van der Waals surface area (Å²) in [6.45, 7) is 9.53. The molecule has 20 heavy (non-hydrogen) atoms. The fourth-order valence-corrected chi connectivity index (χ4v) is 2.87.